The summed E-state index contributed by atoms with van der Waals surface area (Å²) in [5, 5.41) is 9.13. The van der Waals surface area contributed by atoms with Gasteiger partial charge in [0.2, 0.25) is 0 Å². The van der Waals surface area contributed by atoms with Gasteiger partial charge < -0.3 is 10.0 Å². The van der Waals surface area contributed by atoms with Crippen molar-refractivity contribution in [2.75, 3.05) is 13.1 Å². The predicted octanol–water partition coefficient (Wildman–Crippen LogP) is 3.92. The lowest BCUT2D eigenvalue weighted by atomic mass is 9.78. The fourth-order valence-corrected chi connectivity index (χ4v) is 3.99. The number of carboxylic acids is 1. The molecule has 1 heterocycles. The van der Waals surface area contributed by atoms with Crippen molar-refractivity contribution in [3.8, 4) is 0 Å². The first-order chi connectivity index (χ1) is 9.50. The van der Waals surface area contributed by atoms with Crippen LogP contribution in [0.4, 0.5) is 0 Å². The largest absolute Gasteiger partial charge is 0.481 e. The van der Waals surface area contributed by atoms with E-state index in [2.05, 4.69) is 4.90 Å². The molecule has 1 saturated heterocycles. The van der Waals surface area contributed by atoms with Crippen LogP contribution in [0.15, 0.2) is 0 Å². The Morgan fingerprint density at radius 1 is 1.15 bits per heavy atom. The maximum absolute atomic E-state index is 11.1. The minimum Gasteiger partial charge on any atom is -0.481 e. The van der Waals surface area contributed by atoms with Crippen LogP contribution in [0.2, 0.25) is 0 Å². The summed E-state index contributed by atoms with van der Waals surface area (Å²) in [5.41, 5.74) is -0.560. The van der Waals surface area contributed by atoms with E-state index < -0.39 is 11.4 Å². The van der Waals surface area contributed by atoms with E-state index in [1.807, 2.05) is 13.8 Å². The average molecular weight is 281 g/mol. The molecule has 2 atom stereocenters. The molecule has 1 N–H and O–H groups in total. The number of piperidine rings is 1. The lowest BCUT2D eigenvalue weighted by Crippen LogP contribution is -2.47. The summed E-state index contributed by atoms with van der Waals surface area (Å²) in [6.07, 6.45) is 11.5. The first-order valence-electron chi connectivity index (χ1n) is 8.48. The molecule has 3 nitrogen and oxygen atoms in total. The highest BCUT2D eigenvalue weighted by Crippen LogP contribution is 2.35. The average Bonchev–Trinajstić information content (AvgIpc) is 2.43. The molecule has 2 aliphatic rings. The highest BCUT2D eigenvalue weighted by molar-refractivity contribution is 5.73. The molecular formula is C17H31NO2. The zero-order valence-corrected chi connectivity index (χ0v) is 13.2. The lowest BCUT2D eigenvalue weighted by molar-refractivity contribution is -0.147. The van der Waals surface area contributed by atoms with Crippen LogP contribution in [0.5, 0.6) is 0 Å². The molecule has 0 aromatic heterocycles. The fourth-order valence-electron chi connectivity index (χ4n) is 3.99. The molecule has 0 aromatic rings. The van der Waals surface area contributed by atoms with Crippen LogP contribution >= 0.6 is 0 Å². The van der Waals surface area contributed by atoms with Crippen LogP contribution in [0.3, 0.4) is 0 Å². The summed E-state index contributed by atoms with van der Waals surface area (Å²) in [4.78, 5) is 13.8. The number of nitrogens with zero attached hydrogens (tertiary/aromatic N) is 1. The number of hydrogen-bond acceptors (Lipinski definition) is 2. The second kappa shape index (κ2) is 6.93. The van der Waals surface area contributed by atoms with E-state index in [1.54, 1.807) is 0 Å². The van der Waals surface area contributed by atoms with Gasteiger partial charge in [0, 0.05) is 6.04 Å². The van der Waals surface area contributed by atoms with E-state index >= 15 is 0 Å². The predicted molar refractivity (Wildman–Crippen MR) is 81.8 cm³/mol. The summed E-state index contributed by atoms with van der Waals surface area (Å²) < 4.78 is 0. The van der Waals surface area contributed by atoms with E-state index in [4.69, 9.17) is 5.11 Å². The molecule has 0 spiro atoms. The maximum Gasteiger partial charge on any atom is 0.309 e. The number of likely N-dealkylation sites (tertiary alicyclic amines) is 1. The van der Waals surface area contributed by atoms with Gasteiger partial charge in [-0.1, -0.05) is 19.3 Å². The maximum atomic E-state index is 11.1. The molecule has 3 heteroatoms. The Morgan fingerprint density at radius 2 is 1.85 bits per heavy atom. The van der Waals surface area contributed by atoms with Crippen molar-refractivity contribution in [1.82, 2.24) is 4.90 Å². The van der Waals surface area contributed by atoms with Gasteiger partial charge in [0.1, 0.15) is 0 Å². The minimum absolute atomic E-state index is 0.560. The van der Waals surface area contributed by atoms with Crippen LogP contribution < -0.4 is 0 Å². The van der Waals surface area contributed by atoms with Gasteiger partial charge in [-0.25, -0.2) is 0 Å². The van der Waals surface area contributed by atoms with E-state index in [0.717, 1.165) is 31.2 Å². The molecule has 2 fully saturated rings. The number of hydrogen-bond donors (Lipinski definition) is 1. The van der Waals surface area contributed by atoms with E-state index in [-0.39, 0.29) is 0 Å². The SMILES string of the molecule is CC(C)(CCCCN1CCC[C@H]2CCCC[C@H]21)C(=O)O. The van der Waals surface area contributed by atoms with Gasteiger partial charge in [-0.15, -0.1) is 0 Å². The lowest BCUT2D eigenvalue weighted by Gasteiger charge is -2.44. The summed E-state index contributed by atoms with van der Waals surface area (Å²) in [5.74, 6) is 0.288. The number of rotatable bonds is 6. The van der Waals surface area contributed by atoms with Crippen molar-refractivity contribution in [2.24, 2.45) is 11.3 Å². The molecule has 0 unspecified atom stereocenters. The Labute approximate surface area is 123 Å². The number of fused-ring (bicyclic) bond motifs is 1. The van der Waals surface area contributed by atoms with Crippen molar-refractivity contribution >= 4 is 5.97 Å². The van der Waals surface area contributed by atoms with Crippen LogP contribution in [0, 0.1) is 11.3 Å². The van der Waals surface area contributed by atoms with Gasteiger partial charge in [-0.05, 0) is 71.4 Å². The topological polar surface area (TPSA) is 40.5 Å². The van der Waals surface area contributed by atoms with Crippen LogP contribution in [-0.4, -0.2) is 35.1 Å². The molecule has 0 bridgehead atoms. The summed E-state index contributed by atoms with van der Waals surface area (Å²) in [7, 11) is 0. The minimum atomic E-state index is -0.664. The van der Waals surface area contributed by atoms with Crippen molar-refractivity contribution in [1.29, 1.82) is 0 Å². The smallest absolute Gasteiger partial charge is 0.309 e. The summed E-state index contributed by atoms with van der Waals surface area (Å²) in [6.45, 7) is 6.13. The number of unbranched alkanes of at least 4 members (excludes halogenated alkanes) is 1. The Kier molecular flexibility index (Phi) is 5.48. The fraction of sp³-hybridized carbons (Fsp3) is 0.941. The molecule has 1 saturated carbocycles. The van der Waals surface area contributed by atoms with Crippen molar-refractivity contribution < 1.29 is 9.90 Å². The molecule has 1 aliphatic carbocycles. The molecule has 0 aromatic carbocycles. The number of aliphatic carboxylic acids is 1. The van der Waals surface area contributed by atoms with Crippen LogP contribution in [-0.2, 0) is 4.79 Å². The van der Waals surface area contributed by atoms with Crippen molar-refractivity contribution in [2.45, 2.75) is 77.7 Å². The molecule has 0 radical (unpaired) electrons. The Balaban J connectivity index is 1.72. The zero-order chi connectivity index (χ0) is 14.6. The summed E-state index contributed by atoms with van der Waals surface area (Å²) in [6, 6.07) is 0.838. The second-order valence-corrected chi connectivity index (χ2v) is 7.44. The van der Waals surface area contributed by atoms with Gasteiger partial charge in [-0.2, -0.15) is 0 Å². The Hall–Kier alpha value is -0.570. The number of carboxylic acid groups (broad SMARTS) is 1. The molecule has 0 amide bonds. The summed E-state index contributed by atoms with van der Waals surface area (Å²) >= 11 is 0. The molecule has 1 aliphatic heterocycles. The third-order valence-electron chi connectivity index (χ3n) is 5.43. The van der Waals surface area contributed by atoms with Gasteiger partial charge in [-0.3, -0.25) is 4.79 Å². The Morgan fingerprint density at radius 3 is 2.60 bits per heavy atom. The quantitative estimate of drug-likeness (QED) is 0.750. The first kappa shape index (κ1) is 15.8. The molecule has 116 valence electrons. The van der Waals surface area contributed by atoms with Crippen molar-refractivity contribution in [3.63, 3.8) is 0 Å². The van der Waals surface area contributed by atoms with Gasteiger partial charge in [0.25, 0.3) is 0 Å². The zero-order valence-electron chi connectivity index (χ0n) is 13.2. The highest BCUT2D eigenvalue weighted by atomic mass is 16.4. The normalized spacial score (nSPS) is 28.1. The third kappa shape index (κ3) is 3.97. The van der Waals surface area contributed by atoms with Crippen molar-refractivity contribution in [3.05, 3.63) is 0 Å². The van der Waals surface area contributed by atoms with E-state index in [9.17, 15) is 4.79 Å². The van der Waals surface area contributed by atoms with Gasteiger partial charge in [0.05, 0.1) is 5.41 Å². The van der Waals surface area contributed by atoms with Gasteiger partial charge >= 0.3 is 5.97 Å². The second-order valence-electron chi connectivity index (χ2n) is 7.44. The van der Waals surface area contributed by atoms with Gasteiger partial charge in [0.15, 0.2) is 0 Å². The third-order valence-corrected chi connectivity index (χ3v) is 5.43. The standard InChI is InChI=1S/C17H31NO2/c1-17(2,16(19)20)11-5-6-12-18-13-7-9-14-8-3-4-10-15(14)18/h14-15H,3-13H2,1-2H3,(H,19,20)/t14-,15-/m1/s1. The molecule has 2 rings (SSSR count). The monoisotopic (exact) mass is 281 g/mol. The van der Waals surface area contributed by atoms with Crippen LogP contribution in [0.1, 0.15) is 71.6 Å². The first-order valence-corrected chi connectivity index (χ1v) is 8.48. The Bertz CT molecular complexity index is 325. The van der Waals surface area contributed by atoms with E-state index in [1.165, 1.54) is 51.6 Å². The highest BCUT2D eigenvalue weighted by Gasteiger charge is 2.33. The molecular weight excluding hydrogens is 250 g/mol. The van der Waals surface area contributed by atoms with Crippen LogP contribution in [0.25, 0.3) is 0 Å². The van der Waals surface area contributed by atoms with E-state index in [0.29, 0.717) is 0 Å². The number of carbonyl (C=O) groups is 1. The molecule has 20 heavy (non-hydrogen) atoms.